The van der Waals surface area contributed by atoms with Crippen molar-refractivity contribution in [2.75, 3.05) is 5.73 Å². The number of nitriles is 1. The lowest BCUT2D eigenvalue weighted by atomic mass is 10.3. The number of rotatable bonds is 2. The first-order valence-corrected chi connectivity index (χ1v) is 5.16. The summed E-state index contributed by atoms with van der Waals surface area (Å²) in [5, 5.41) is 9.40. The van der Waals surface area contributed by atoms with Crippen molar-refractivity contribution in [2.45, 2.75) is 0 Å². The summed E-state index contributed by atoms with van der Waals surface area (Å²) < 4.78 is 5.47. The number of nitrogen functional groups attached to an aromatic ring is 1. The van der Waals surface area contributed by atoms with E-state index in [1.54, 1.807) is 30.3 Å². The van der Waals surface area contributed by atoms with Crippen LogP contribution in [0.15, 0.2) is 36.5 Å². The smallest absolute Gasteiger partial charge is 0.237 e. The van der Waals surface area contributed by atoms with Crippen LogP contribution >= 0.6 is 11.6 Å². The van der Waals surface area contributed by atoms with Crippen LogP contribution in [0.1, 0.15) is 5.56 Å². The van der Waals surface area contributed by atoms with Crippen molar-refractivity contribution in [1.82, 2.24) is 4.98 Å². The molecule has 0 aliphatic rings. The lowest BCUT2D eigenvalue weighted by Crippen LogP contribution is -1.95. The van der Waals surface area contributed by atoms with Gasteiger partial charge in [-0.25, -0.2) is 4.98 Å². The number of hydrogen-bond acceptors (Lipinski definition) is 4. The van der Waals surface area contributed by atoms with Crippen molar-refractivity contribution in [1.29, 1.82) is 5.26 Å². The molecule has 1 heterocycles. The quantitative estimate of drug-likeness (QED) is 0.826. The van der Waals surface area contributed by atoms with Crippen molar-refractivity contribution < 1.29 is 4.74 Å². The zero-order chi connectivity index (χ0) is 12.3. The van der Waals surface area contributed by atoms with Gasteiger partial charge in [-0.15, -0.1) is 0 Å². The van der Waals surface area contributed by atoms with Gasteiger partial charge in [0.15, 0.2) is 5.75 Å². The average Bonchev–Trinajstić information content (AvgIpc) is 2.34. The summed E-state index contributed by atoms with van der Waals surface area (Å²) in [6, 6.07) is 10.1. The van der Waals surface area contributed by atoms with E-state index in [4.69, 9.17) is 27.3 Å². The predicted molar refractivity (Wildman–Crippen MR) is 64.9 cm³/mol. The maximum absolute atomic E-state index is 8.89. The molecule has 0 bridgehead atoms. The summed E-state index contributed by atoms with van der Waals surface area (Å²) in [4.78, 5) is 3.97. The first kappa shape index (κ1) is 11.2. The van der Waals surface area contributed by atoms with Crippen molar-refractivity contribution in [3.05, 3.63) is 47.1 Å². The summed E-state index contributed by atoms with van der Waals surface area (Å²) in [7, 11) is 0. The van der Waals surface area contributed by atoms with Gasteiger partial charge in [0, 0.05) is 17.3 Å². The minimum Gasteiger partial charge on any atom is -0.435 e. The van der Waals surface area contributed by atoms with Gasteiger partial charge < -0.3 is 10.5 Å². The molecule has 0 saturated carbocycles. The fourth-order valence-electron chi connectivity index (χ4n) is 1.26. The molecule has 2 rings (SSSR count). The van der Waals surface area contributed by atoms with Crippen LogP contribution in [0.5, 0.6) is 11.6 Å². The number of nitrogens with zero attached hydrogens (tertiary/aromatic N) is 2. The van der Waals surface area contributed by atoms with Crippen LogP contribution in [0.3, 0.4) is 0 Å². The lowest BCUT2D eigenvalue weighted by molar-refractivity contribution is 0.463. The second kappa shape index (κ2) is 4.73. The van der Waals surface area contributed by atoms with Crippen molar-refractivity contribution in [2.24, 2.45) is 0 Å². The zero-order valence-electron chi connectivity index (χ0n) is 8.72. The Labute approximate surface area is 103 Å². The first-order chi connectivity index (χ1) is 8.20. The maximum atomic E-state index is 8.89. The van der Waals surface area contributed by atoms with Gasteiger partial charge in [-0.2, -0.15) is 5.26 Å². The standard InChI is InChI=1S/C12H8ClN3O/c13-9-3-4-10(15)11(6-9)17-12-8(7-14)2-1-5-16-12/h1-6H,15H2. The van der Waals surface area contributed by atoms with Crippen LogP contribution in [0.2, 0.25) is 5.02 Å². The topological polar surface area (TPSA) is 71.9 Å². The van der Waals surface area contributed by atoms with E-state index in [2.05, 4.69) is 4.98 Å². The van der Waals surface area contributed by atoms with E-state index in [0.717, 1.165) is 0 Å². The number of hydrogen-bond donors (Lipinski definition) is 1. The number of nitrogens with two attached hydrogens (primary N) is 1. The predicted octanol–water partition coefficient (Wildman–Crippen LogP) is 2.98. The molecule has 2 aromatic rings. The highest BCUT2D eigenvalue weighted by molar-refractivity contribution is 6.30. The largest absolute Gasteiger partial charge is 0.435 e. The maximum Gasteiger partial charge on any atom is 0.237 e. The highest BCUT2D eigenvalue weighted by Crippen LogP contribution is 2.30. The molecule has 2 N–H and O–H groups in total. The summed E-state index contributed by atoms with van der Waals surface area (Å²) in [6.45, 7) is 0. The third-order valence-electron chi connectivity index (χ3n) is 2.07. The molecule has 84 valence electrons. The Balaban J connectivity index is 2.38. The molecule has 0 aliphatic heterocycles. The fraction of sp³-hybridized carbons (Fsp3) is 0. The molecule has 0 atom stereocenters. The number of halogens is 1. The van der Waals surface area contributed by atoms with Crippen LogP contribution in [-0.2, 0) is 0 Å². The fourth-order valence-corrected chi connectivity index (χ4v) is 1.42. The monoisotopic (exact) mass is 245 g/mol. The molecule has 0 unspecified atom stereocenters. The van der Waals surface area contributed by atoms with Gasteiger partial charge in [0.1, 0.15) is 11.6 Å². The lowest BCUT2D eigenvalue weighted by Gasteiger charge is -2.08. The SMILES string of the molecule is N#Cc1cccnc1Oc1cc(Cl)ccc1N. The van der Waals surface area contributed by atoms with Gasteiger partial charge in [-0.3, -0.25) is 0 Å². The molecule has 1 aromatic carbocycles. The molecule has 0 saturated heterocycles. The van der Waals surface area contributed by atoms with Gasteiger partial charge in [0.2, 0.25) is 5.88 Å². The third-order valence-corrected chi connectivity index (χ3v) is 2.31. The Bertz CT molecular complexity index is 593. The second-order valence-corrected chi connectivity index (χ2v) is 3.69. The van der Waals surface area contributed by atoms with Gasteiger partial charge in [-0.05, 0) is 24.3 Å². The molecule has 0 radical (unpaired) electrons. The average molecular weight is 246 g/mol. The van der Waals surface area contributed by atoms with E-state index in [1.807, 2.05) is 6.07 Å². The van der Waals surface area contributed by atoms with Crippen molar-refractivity contribution >= 4 is 17.3 Å². The summed E-state index contributed by atoms with van der Waals surface area (Å²) in [5.74, 6) is 0.594. The molecule has 4 nitrogen and oxygen atoms in total. The number of ether oxygens (including phenoxy) is 1. The minimum absolute atomic E-state index is 0.212. The van der Waals surface area contributed by atoms with Crippen LogP contribution in [-0.4, -0.2) is 4.98 Å². The van der Waals surface area contributed by atoms with Crippen LogP contribution < -0.4 is 10.5 Å². The zero-order valence-corrected chi connectivity index (χ0v) is 9.48. The van der Waals surface area contributed by atoms with Gasteiger partial charge in [0.05, 0.1) is 5.69 Å². The summed E-state index contributed by atoms with van der Waals surface area (Å²) in [5.41, 5.74) is 6.51. The second-order valence-electron chi connectivity index (χ2n) is 3.25. The Kier molecular flexibility index (Phi) is 3.12. The Morgan fingerprint density at radius 3 is 2.94 bits per heavy atom. The molecule has 5 heteroatoms. The van der Waals surface area contributed by atoms with Gasteiger partial charge in [0.25, 0.3) is 0 Å². The van der Waals surface area contributed by atoms with Crippen LogP contribution in [0, 0.1) is 11.3 Å². The molecule has 0 amide bonds. The molecular weight excluding hydrogens is 238 g/mol. The van der Waals surface area contributed by atoms with E-state index >= 15 is 0 Å². The molecule has 1 aromatic heterocycles. The minimum atomic E-state index is 0.212. The molecule has 17 heavy (non-hydrogen) atoms. The van der Waals surface area contributed by atoms with E-state index in [0.29, 0.717) is 22.0 Å². The van der Waals surface area contributed by atoms with Gasteiger partial charge in [-0.1, -0.05) is 11.6 Å². The third kappa shape index (κ3) is 2.47. The van der Waals surface area contributed by atoms with E-state index in [1.165, 1.54) is 6.20 Å². The first-order valence-electron chi connectivity index (χ1n) is 4.78. The Morgan fingerprint density at radius 1 is 1.35 bits per heavy atom. The molecule has 0 fully saturated rings. The number of anilines is 1. The number of pyridine rings is 1. The molecule has 0 spiro atoms. The normalized spacial score (nSPS) is 9.65. The highest BCUT2D eigenvalue weighted by Gasteiger charge is 2.08. The molecular formula is C12H8ClN3O. The van der Waals surface area contributed by atoms with E-state index in [9.17, 15) is 0 Å². The van der Waals surface area contributed by atoms with Crippen LogP contribution in [0.4, 0.5) is 5.69 Å². The molecule has 0 aliphatic carbocycles. The summed E-state index contributed by atoms with van der Waals surface area (Å²) >= 11 is 5.84. The van der Waals surface area contributed by atoms with Crippen molar-refractivity contribution in [3.8, 4) is 17.7 Å². The van der Waals surface area contributed by atoms with E-state index in [-0.39, 0.29) is 5.88 Å². The number of aromatic nitrogens is 1. The van der Waals surface area contributed by atoms with Crippen LogP contribution in [0.25, 0.3) is 0 Å². The van der Waals surface area contributed by atoms with Crippen molar-refractivity contribution in [3.63, 3.8) is 0 Å². The Hall–Kier alpha value is -2.25. The summed E-state index contributed by atoms with van der Waals surface area (Å²) in [6.07, 6.45) is 1.54. The Morgan fingerprint density at radius 2 is 2.18 bits per heavy atom. The number of benzene rings is 1. The van der Waals surface area contributed by atoms with Gasteiger partial charge >= 0.3 is 0 Å². The highest BCUT2D eigenvalue weighted by atomic mass is 35.5. The van der Waals surface area contributed by atoms with E-state index < -0.39 is 0 Å².